The van der Waals surface area contributed by atoms with Crippen molar-refractivity contribution in [1.29, 1.82) is 0 Å². The molecule has 0 radical (unpaired) electrons. The van der Waals surface area contributed by atoms with Gasteiger partial charge in [0.15, 0.2) is 0 Å². The maximum Gasteiger partial charge on any atom is 0.337 e. The standard InChI is InChI=1S/C26H22N2O4/c1-18-23(26(29)30)14-21(15-27-18)22-12-13-24(31-16-19-8-4-2-5-9-19)28-25(22)32-17-20-10-6-3-7-11-20/h2-15H,16-17H2,1H3,(H,29,30). The Bertz CT molecular complexity index is 1210. The van der Waals surface area contributed by atoms with E-state index in [0.717, 1.165) is 11.1 Å². The lowest BCUT2D eigenvalue weighted by Crippen LogP contribution is -2.04. The van der Waals surface area contributed by atoms with E-state index in [2.05, 4.69) is 9.97 Å². The number of benzene rings is 2. The van der Waals surface area contributed by atoms with Gasteiger partial charge in [0.1, 0.15) is 13.2 Å². The summed E-state index contributed by atoms with van der Waals surface area (Å²) in [4.78, 5) is 20.4. The maximum absolute atomic E-state index is 11.6. The Morgan fingerprint density at radius 1 is 0.875 bits per heavy atom. The molecule has 0 spiro atoms. The predicted molar refractivity (Wildman–Crippen MR) is 121 cm³/mol. The van der Waals surface area contributed by atoms with E-state index in [1.807, 2.05) is 66.7 Å². The van der Waals surface area contributed by atoms with E-state index >= 15 is 0 Å². The third kappa shape index (κ3) is 5.10. The molecule has 4 rings (SSSR count). The Hall–Kier alpha value is -4.19. The van der Waals surface area contributed by atoms with Gasteiger partial charge in [-0.1, -0.05) is 60.7 Å². The quantitative estimate of drug-likeness (QED) is 0.411. The number of rotatable bonds is 8. The van der Waals surface area contributed by atoms with Crippen molar-refractivity contribution in [2.75, 3.05) is 0 Å². The molecule has 2 aromatic carbocycles. The Morgan fingerprint density at radius 2 is 1.50 bits per heavy atom. The van der Waals surface area contributed by atoms with Gasteiger partial charge >= 0.3 is 5.97 Å². The van der Waals surface area contributed by atoms with Crippen LogP contribution in [0, 0.1) is 6.92 Å². The number of carbonyl (C=O) groups is 1. The number of hydrogen-bond donors (Lipinski definition) is 1. The number of pyridine rings is 2. The highest BCUT2D eigenvalue weighted by Crippen LogP contribution is 2.32. The summed E-state index contributed by atoms with van der Waals surface area (Å²) in [6.45, 7) is 2.35. The average molecular weight is 426 g/mol. The van der Waals surface area contributed by atoms with Gasteiger partial charge < -0.3 is 14.6 Å². The van der Waals surface area contributed by atoms with Gasteiger partial charge in [0, 0.05) is 23.4 Å². The van der Waals surface area contributed by atoms with Crippen LogP contribution in [0.1, 0.15) is 27.2 Å². The maximum atomic E-state index is 11.6. The second kappa shape index (κ2) is 9.75. The first-order valence-corrected chi connectivity index (χ1v) is 10.1. The molecule has 0 amide bonds. The minimum Gasteiger partial charge on any atom is -0.478 e. The Kier molecular flexibility index (Phi) is 6.41. The van der Waals surface area contributed by atoms with Crippen LogP contribution < -0.4 is 9.47 Å². The van der Waals surface area contributed by atoms with E-state index in [1.165, 1.54) is 0 Å². The van der Waals surface area contributed by atoms with Crippen LogP contribution in [-0.2, 0) is 13.2 Å². The van der Waals surface area contributed by atoms with Crippen molar-refractivity contribution in [3.63, 3.8) is 0 Å². The number of hydrogen-bond acceptors (Lipinski definition) is 5. The van der Waals surface area contributed by atoms with Crippen LogP contribution in [0.5, 0.6) is 11.8 Å². The zero-order valence-corrected chi connectivity index (χ0v) is 17.6. The van der Waals surface area contributed by atoms with Crippen LogP contribution in [0.4, 0.5) is 0 Å². The third-order valence-corrected chi connectivity index (χ3v) is 4.91. The lowest BCUT2D eigenvalue weighted by molar-refractivity contribution is 0.0695. The molecule has 32 heavy (non-hydrogen) atoms. The summed E-state index contributed by atoms with van der Waals surface area (Å²) < 4.78 is 11.9. The minimum absolute atomic E-state index is 0.140. The van der Waals surface area contributed by atoms with E-state index < -0.39 is 5.97 Å². The number of aromatic nitrogens is 2. The summed E-state index contributed by atoms with van der Waals surface area (Å²) in [5.41, 5.74) is 3.86. The normalized spacial score (nSPS) is 10.5. The summed E-state index contributed by atoms with van der Waals surface area (Å²) >= 11 is 0. The lowest BCUT2D eigenvalue weighted by atomic mass is 10.1. The van der Waals surface area contributed by atoms with Gasteiger partial charge in [-0.05, 0) is 30.2 Å². The number of carboxylic acid groups (broad SMARTS) is 1. The molecule has 1 N–H and O–H groups in total. The van der Waals surface area contributed by atoms with E-state index in [-0.39, 0.29) is 5.56 Å². The van der Waals surface area contributed by atoms with Gasteiger partial charge in [0.05, 0.1) is 11.3 Å². The molecule has 2 heterocycles. The van der Waals surface area contributed by atoms with Crippen LogP contribution in [0.25, 0.3) is 11.1 Å². The third-order valence-electron chi connectivity index (χ3n) is 4.91. The summed E-state index contributed by atoms with van der Waals surface area (Å²) in [6, 6.07) is 24.7. The fourth-order valence-electron chi connectivity index (χ4n) is 3.19. The van der Waals surface area contributed by atoms with Gasteiger partial charge in [-0.25, -0.2) is 4.79 Å². The van der Waals surface area contributed by atoms with E-state index in [9.17, 15) is 9.90 Å². The molecule has 0 aliphatic heterocycles. The smallest absolute Gasteiger partial charge is 0.337 e. The molecule has 6 heteroatoms. The zero-order chi connectivity index (χ0) is 22.3. The second-order valence-electron chi connectivity index (χ2n) is 7.21. The molecular weight excluding hydrogens is 404 g/mol. The SMILES string of the molecule is Cc1ncc(-c2ccc(OCc3ccccc3)nc2OCc2ccccc2)cc1C(=O)O. The molecule has 0 bridgehead atoms. The van der Waals surface area contributed by atoms with Crippen molar-refractivity contribution in [2.45, 2.75) is 20.1 Å². The van der Waals surface area contributed by atoms with Crippen molar-refractivity contribution < 1.29 is 19.4 Å². The topological polar surface area (TPSA) is 81.5 Å². The van der Waals surface area contributed by atoms with Gasteiger partial charge in [-0.15, -0.1) is 0 Å². The Balaban J connectivity index is 1.65. The molecule has 160 valence electrons. The zero-order valence-electron chi connectivity index (χ0n) is 17.6. The molecule has 0 atom stereocenters. The summed E-state index contributed by atoms with van der Waals surface area (Å²) in [6.07, 6.45) is 1.62. The highest BCUT2D eigenvalue weighted by atomic mass is 16.5. The van der Waals surface area contributed by atoms with Gasteiger partial charge in [-0.2, -0.15) is 4.98 Å². The highest BCUT2D eigenvalue weighted by Gasteiger charge is 2.15. The van der Waals surface area contributed by atoms with Crippen LogP contribution in [0.2, 0.25) is 0 Å². The lowest BCUT2D eigenvalue weighted by Gasteiger charge is -2.14. The second-order valence-corrected chi connectivity index (χ2v) is 7.21. The van der Waals surface area contributed by atoms with E-state index in [0.29, 0.717) is 41.8 Å². The highest BCUT2D eigenvalue weighted by molar-refractivity contribution is 5.90. The summed E-state index contributed by atoms with van der Waals surface area (Å²) in [5.74, 6) is -0.264. The molecule has 2 aromatic heterocycles. The Morgan fingerprint density at radius 3 is 2.12 bits per heavy atom. The van der Waals surface area contributed by atoms with Crippen LogP contribution in [0.15, 0.2) is 85.1 Å². The predicted octanol–water partition coefficient (Wildman–Crippen LogP) is 5.31. The van der Waals surface area contributed by atoms with Crippen molar-refractivity contribution in [3.05, 3.63) is 107 Å². The average Bonchev–Trinajstić information content (AvgIpc) is 2.83. The molecule has 0 saturated carbocycles. The van der Waals surface area contributed by atoms with Crippen molar-refractivity contribution in [2.24, 2.45) is 0 Å². The van der Waals surface area contributed by atoms with E-state index in [4.69, 9.17) is 9.47 Å². The molecule has 0 unspecified atom stereocenters. The molecule has 6 nitrogen and oxygen atoms in total. The number of aromatic carboxylic acids is 1. The molecule has 0 aliphatic carbocycles. The number of carboxylic acids is 1. The van der Waals surface area contributed by atoms with Crippen LogP contribution in [0.3, 0.4) is 0 Å². The van der Waals surface area contributed by atoms with Crippen LogP contribution >= 0.6 is 0 Å². The van der Waals surface area contributed by atoms with Gasteiger partial charge in [0.2, 0.25) is 11.8 Å². The van der Waals surface area contributed by atoms with E-state index in [1.54, 1.807) is 25.3 Å². The van der Waals surface area contributed by atoms with Crippen molar-refractivity contribution in [1.82, 2.24) is 9.97 Å². The number of aryl methyl sites for hydroxylation is 1. The number of ether oxygens (including phenoxy) is 2. The molecule has 0 aliphatic rings. The molecule has 4 aromatic rings. The van der Waals surface area contributed by atoms with Gasteiger partial charge in [-0.3, -0.25) is 4.98 Å². The first kappa shape index (κ1) is 21.1. The fraction of sp³-hybridized carbons (Fsp3) is 0.115. The van der Waals surface area contributed by atoms with Gasteiger partial charge in [0.25, 0.3) is 0 Å². The monoisotopic (exact) mass is 426 g/mol. The number of nitrogens with zero attached hydrogens (tertiary/aromatic N) is 2. The Labute approximate surface area is 186 Å². The van der Waals surface area contributed by atoms with Crippen LogP contribution in [-0.4, -0.2) is 21.0 Å². The van der Waals surface area contributed by atoms with Crippen molar-refractivity contribution in [3.8, 4) is 22.9 Å². The fourth-order valence-corrected chi connectivity index (χ4v) is 3.19. The largest absolute Gasteiger partial charge is 0.478 e. The molecule has 0 fully saturated rings. The summed E-state index contributed by atoms with van der Waals surface area (Å²) in [5, 5.41) is 9.47. The molecular formula is C26H22N2O4. The minimum atomic E-state index is -1.03. The first-order chi connectivity index (χ1) is 15.6. The van der Waals surface area contributed by atoms with Crippen molar-refractivity contribution >= 4 is 5.97 Å². The first-order valence-electron chi connectivity index (χ1n) is 10.1. The molecule has 0 saturated heterocycles. The summed E-state index contributed by atoms with van der Waals surface area (Å²) in [7, 11) is 0.